The first-order valence-electron chi connectivity index (χ1n) is 6.72. The number of halogens is 1. The molecule has 3 aromatic carbocycles. The van der Waals surface area contributed by atoms with E-state index in [0.29, 0.717) is 0 Å². The summed E-state index contributed by atoms with van der Waals surface area (Å²) >= 11 is 6.03. The Morgan fingerprint density at radius 3 is 2.50 bits per heavy atom. The van der Waals surface area contributed by atoms with E-state index in [4.69, 9.17) is 17.3 Å². The van der Waals surface area contributed by atoms with E-state index in [2.05, 4.69) is 42.5 Å². The van der Waals surface area contributed by atoms with E-state index < -0.39 is 0 Å². The molecule has 3 rings (SSSR count). The zero-order valence-corrected chi connectivity index (χ0v) is 11.8. The van der Waals surface area contributed by atoms with E-state index in [1.165, 1.54) is 16.3 Å². The van der Waals surface area contributed by atoms with Crippen LogP contribution in [0.5, 0.6) is 0 Å². The van der Waals surface area contributed by atoms with Crippen molar-refractivity contribution in [3.63, 3.8) is 0 Å². The molecule has 0 fully saturated rings. The van der Waals surface area contributed by atoms with Crippen molar-refractivity contribution >= 4 is 22.4 Å². The summed E-state index contributed by atoms with van der Waals surface area (Å²) in [7, 11) is 0. The number of hydrogen-bond donors (Lipinski definition) is 1. The Labute approximate surface area is 124 Å². The van der Waals surface area contributed by atoms with Crippen LogP contribution in [0.15, 0.2) is 66.7 Å². The van der Waals surface area contributed by atoms with Gasteiger partial charge in [-0.3, -0.25) is 0 Å². The quantitative estimate of drug-likeness (QED) is 0.737. The molecular weight excluding hydrogens is 266 g/mol. The lowest BCUT2D eigenvalue weighted by Gasteiger charge is -2.14. The Kier molecular flexibility index (Phi) is 3.72. The van der Waals surface area contributed by atoms with Gasteiger partial charge in [-0.05, 0) is 40.5 Å². The smallest absolute Gasteiger partial charge is 0.0409 e. The molecule has 0 radical (unpaired) electrons. The SMILES string of the molecule is NC(Cc1cccc2ccccc12)c1cccc(Cl)c1. The lowest BCUT2D eigenvalue weighted by Crippen LogP contribution is -2.13. The fraction of sp³-hybridized carbons (Fsp3) is 0.111. The normalized spacial score (nSPS) is 12.5. The average Bonchev–Trinajstić information content (AvgIpc) is 2.47. The summed E-state index contributed by atoms with van der Waals surface area (Å²) in [5.74, 6) is 0. The van der Waals surface area contributed by atoms with Crippen LogP contribution in [0.25, 0.3) is 10.8 Å². The van der Waals surface area contributed by atoms with E-state index in [1.54, 1.807) is 0 Å². The van der Waals surface area contributed by atoms with Crippen LogP contribution in [-0.4, -0.2) is 0 Å². The Morgan fingerprint density at radius 1 is 0.900 bits per heavy atom. The number of fused-ring (bicyclic) bond motifs is 1. The summed E-state index contributed by atoms with van der Waals surface area (Å²) in [6.07, 6.45) is 0.807. The highest BCUT2D eigenvalue weighted by Crippen LogP contribution is 2.24. The lowest BCUT2D eigenvalue weighted by atomic mass is 9.95. The first-order valence-corrected chi connectivity index (χ1v) is 7.09. The summed E-state index contributed by atoms with van der Waals surface area (Å²) in [6, 6.07) is 22.5. The van der Waals surface area contributed by atoms with E-state index in [0.717, 1.165) is 17.0 Å². The zero-order valence-electron chi connectivity index (χ0n) is 11.1. The van der Waals surface area contributed by atoms with Crippen LogP contribution in [0.4, 0.5) is 0 Å². The Hall–Kier alpha value is -1.83. The molecule has 0 saturated carbocycles. The third-order valence-electron chi connectivity index (χ3n) is 3.60. The van der Waals surface area contributed by atoms with Gasteiger partial charge >= 0.3 is 0 Å². The fourth-order valence-corrected chi connectivity index (χ4v) is 2.76. The van der Waals surface area contributed by atoms with Gasteiger partial charge in [0.15, 0.2) is 0 Å². The van der Waals surface area contributed by atoms with Gasteiger partial charge in [0.2, 0.25) is 0 Å². The molecule has 100 valence electrons. The van der Waals surface area contributed by atoms with Crippen molar-refractivity contribution in [1.29, 1.82) is 0 Å². The van der Waals surface area contributed by atoms with Crippen molar-refractivity contribution in [1.82, 2.24) is 0 Å². The van der Waals surface area contributed by atoms with Crippen molar-refractivity contribution < 1.29 is 0 Å². The highest BCUT2D eigenvalue weighted by molar-refractivity contribution is 6.30. The van der Waals surface area contributed by atoms with Crippen molar-refractivity contribution in [2.75, 3.05) is 0 Å². The predicted octanol–water partition coefficient (Wildman–Crippen LogP) is 4.74. The Balaban J connectivity index is 1.93. The molecule has 0 amide bonds. The van der Waals surface area contributed by atoms with Crippen LogP contribution in [0.3, 0.4) is 0 Å². The second kappa shape index (κ2) is 5.66. The summed E-state index contributed by atoms with van der Waals surface area (Å²) in [5.41, 5.74) is 8.68. The first kappa shape index (κ1) is 13.2. The molecule has 0 aliphatic rings. The summed E-state index contributed by atoms with van der Waals surface area (Å²) < 4.78 is 0. The van der Waals surface area contributed by atoms with Crippen LogP contribution in [0, 0.1) is 0 Å². The van der Waals surface area contributed by atoms with Crippen LogP contribution >= 0.6 is 11.6 Å². The predicted molar refractivity (Wildman–Crippen MR) is 86.0 cm³/mol. The van der Waals surface area contributed by atoms with Crippen molar-refractivity contribution in [3.8, 4) is 0 Å². The lowest BCUT2D eigenvalue weighted by molar-refractivity contribution is 0.725. The second-order valence-electron chi connectivity index (χ2n) is 5.00. The van der Waals surface area contributed by atoms with Crippen LogP contribution < -0.4 is 5.73 Å². The zero-order chi connectivity index (χ0) is 13.9. The minimum absolute atomic E-state index is 0.0421. The number of benzene rings is 3. The maximum Gasteiger partial charge on any atom is 0.0409 e. The first-order chi connectivity index (χ1) is 9.74. The minimum Gasteiger partial charge on any atom is -0.324 e. The molecule has 0 aliphatic carbocycles. The summed E-state index contributed by atoms with van der Waals surface area (Å²) in [4.78, 5) is 0. The molecule has 1 atom stereocenters. The number of nitrogens with two attached hydrogens (primary N) is 1. The highest BCUT2D eigenvalue weighted by Gasteiger charge is 2.09. The van der Waals surface area contributed by atoms with Gasteiger partial charge in [0.05, 0.1) is 0 Å². The van der Waals surface area contributed by atoms with Crippen LogP contribution in [0.1, 0.15) is 17.2 Å². The molecule has 0 saturated heterocycles. The average molecular weight is 282 g/mol. The third kappa shape index (κ3) is 2.69. The standard InChI is InChI=1S/C18H16ClN/c19-16-9-4-8-15(11-16)18(20)12-14-7-3-6-13-5-1-2-10-17(13)14/h1-11,18H,12,20H2. The summed E-state index contributed by atoms with van der Waals surface area (Å²) in [5, 5.41) is 3.26. The van der Waals surface area contributed by atoms with E-state index in [1.807, 2.05) is 24.3 Å². The monoisotopic (exact) mass is 281 g/mol. The molecule has 0 spiro atoms. The molecule has 3 aromatic rings. The Morgan fingerprint density at radius 2 is 1.65 bits per heavy atom. The van der Waals surface area contributed by atoms with Gasteiger partial charge in [-0.15, -0.1) is 0 Å². The van der Waals surface area contributed by atoms with E-state index in [9.17, 15) is 0 Å². The molecule has 0 aliphatic heterocycles. The highest BCUT2D eigenvalue weighted by atomic mass is 35.5. The van der Waals surface area contributed by atoms with Gasteiger partial charge in [-0.1, -0.05) is 66.2 Å². The van der Waals surface area contributed by atoms with Gasteiger partial charge < -0.3 is 5.73 Å². The van der Waals surface area contributed by atoms with Gasteiger partial charge in [-0.2, -0.15) is 0 Å². The fourth-order valence-electron chi connectivity index (χ4n) is 2.56. The maximum atomic E-state index is 6.33. The van der Waals surface area contributed by atoms with E-state index in [-0.39, 0.29) is 6.04 Å². The second-order valence-corrected chi connectivity index (χ2v) is 5.44. The largest absolute Gasteiger partial charge is 0.324 e. The molecular formula is C18H16ClN. The molecule has 0 heterocycles. The minimum atomic E-state index is -0.0421. The van der Waals surface area contributed by atoms with Crippen molar-refractivity contribution in [3.05, 3.63) is 82.9 Å². The van der Waals surface area contributed by atoms with Crippen LogP contribution in [-0.2, 0) is 6.42 Å². The third-order valence-corrected chi connectivity index (χ3v) is 3.83. The molecule has 20 heavy (non-hydrogen) atoms. The van der Waals surface area contributed by atoms with Crippen molar-refractivity contribution in [2.45, 2.75) is 12.5 Å². The Bertz CT molecular complexity index is 731. The van der Waals surface area contributed by atoms with Crippen LogP contribution in [0.2, 0.25) is 5.02 Å². The van der Waals surface area contributed by atoms with Gasteiger partial charge in [0.1, 0.15) is 0 Å². The summed E-state index contributed by atoms with van der Waals surface area (Å²) in [6.45, 7) is 0. The number of hydrogen-bond acceptors (Lipinski definition) is 1. The molecule has 1 nitrogen and oxygen atoms in total. The van der Waals surface area contributed by atoms with Gasteiger partial charge in [0.25, 0.3) is 0 Å². The number of rotatable bonds is 3. The topological polar surface area (TPSA) is 26.0 Å². The van der Waals surface area contributed by atoms with E-state index >= 15 is 0 Å². The van der Waals surface area contributed by atoms with Crippen molar-refractivity contribution in [2.24, 2.45) is 5.73 Å². The molecule has 0 bridgehead atoms. The van der Waals surface area contributed by atoms with Gasteiger partial charge in [-0.25, -0.2) is 0 Å². The molecule has 0 aromatic heterocycles. The molecule has 2 heteroatoms. The van der Waals surface area contributed by atoms with Gasteiger partial charge in [0, 0.05) is 11.1 Å². The molecule has 2 N–H and O–H groups in total. The maximum absolute atomic E-state index is 6.33. The molecule has 1 unspecified atom stereocenters.